The third-order valence-corrected chi connectivity index (χ3v) is 3.83. The fourth-order valence-corrected chi connectivity index (χ4v) is 2.65. The maximum Gasteiger partial charge on any atom is 0.259 e. The van der Waals surface area contributed by atoms with Crippen molar-refractivity contribution in [2.24, 2.45) is 0 Å². The maximum atomic E-state index is 12.4. The van der Waals surface area contributed by atoms with Crippen LogP contribution >= 0.6 is 31.9 Å². The molecule has 5 heteroatoms. The lowest BCUT2D eigenvalue weighted by Crippen LogP contribution is -2.14. The predicted octanol–water partition coefficient (Wildman–Crippen LogP) is 4.78. The molecule has 1 amide bonds. The summed E-state index contributed by atoms with van der Waals surface area (Å²) in [4.78, 5) is 12.4. The number of anilines is 1. The van der Waals surface area contributed by atoms with E-state index in [0.29, 0.717) is 11.3 Å². The summed E-state index contributed by atoms with van der Waals surface area (Å²) >= 11 is 6.76. The number of carbonyl (C=O) groups is 1. The van der Waals surface area contributed by atoms with Gasteiger partial charge in [0.25, 0.3) is 5.91 Å². The molecular weight excluding hydrogens is 386 g/mol. The van der Waals surface area contributed by atoms with Gasteiger partial charge in [-0.15, -0.1) is 0 Å². The summed E-state index contributed by atoms with van der Waals surface area (Å²) in [6.45, 7) is 1.94. The molecule has 3 nitrogen and oxygen atoms in total. The number of hydrogen-bond acceptors (Lipinski definition) is 2. The van der Waals surface area contributed by atoms with Crippen LogP contribution in [0, 0.1) is 6.92 Å². The van der Waals surface area contributed by atoms with Gasteiger partial charge in [-0.25, -0.2) is 0 Å². The van der Waals surface area contributed by atoms with Gasteiger partial charge >= 0.3 is 0 Å². The number of methoxy groups -OCH3 is 1. The Balaban J connectivity index is 2.30. The Morgan fingerprint density at radius 1 is 1.10 bits per heavy atom. The number of ether oxygens (including phenoxy) is 1. The Kier molecular flexibility index (Phi) is 4.83. The number of carbonyl (C=O) groups excluding carboxylic acids is 1. The molecule has 0 fully saturated rings. The highest BCUT2D eigenvalue weighted by molar-refractivity contribution is 9.10. The van der Waals surface area contributed by atoms with Crippen molar-refractivity contribution in [3.05, 3.63) is 56.5 Å². The molecule has 2 aromatic rings. The first-order valence-corrected chi connectivity index (χ1v) is 7.51. The van der Waals surface area contributed by atoms with Gasteiger partial charge in [-0.3, -0.25) is 4.79 Å². The summed E-state index contributed by atoms with van der Waals surface area (Å²) < 4.78 is 7.03. The summed E-state index contributed by atoms with van der Waals surface area (Å²) in [5.41, 5.74) is 2.26. The van der Waals surface area contributed by atoms with Crippen LogP contribution in [-0.4, -0.2) is 13.0 Å². The zero-order valence-electron chi connectivity index (χ0n) is 11.0. The number of nitrogens with one attached hydrogen (secondary N) is 1. The van der Waals surface area contributed by atoms with E-state index in [-0.39, 0.29) is 5.91 Å². The first-order valence-electron chi connectivity index (χ1n) is 5.92. The monoisotopic (exact) mass is 397 g/mol. The minimum absolute atomic E-state index is 0.200. The molecule has 1 N–H and O–H groups in total. The topological polar surface area (TPSA) is 38.3 Å². The van der Waals surface area contributed by atoms with Crippen LogP contribution in [0.25, 0.3) is 0 Å². The van der Waals surface area contributed by atoms with Gasteiger partial charge in [0.05, 0.1) is 12.7 Å². The molecule has 20 heavy (non-hydrogen) atoms. The van der Waals surface area contributed by atoms with Crippen LogP contribution in [0.5, 0.6) is 5.75 Å². The van der Waals surface area contributed by atoms with Crippen molar-refractivity contribution < 1.29 is 9.53 Å². The Morgan fingerprint density at radius 2 is 1.75 bits per heavy atom. The third-order valence-electron chi connectivity index (χ3n) is 2.84. The minimum atomic E-state index is -0.200. The molecule has 0 aliphatic rings. The Hall–Kier alpha value is -1.33. The Bertz CT molecular complexity index is 656. The van der Waals surface area contributed by atoms with Crippen molar-refractivity contribution in [1.29, 1.82) is 0 Å². The van der Waals surface area contributed by atoms with E-state index in [9.17, 15) is 4.79 Å². The second kappa shape index (κ2) is 6.41. The standard InChI is InChI=1S/C15H13Br2NO2/c1-9-7-10(16)3-5-13(9)18-15(19)12-8-11(17)4-6-14(12)20-2/h3-8H,1-2H3,(H,18,19). The van der Waals surface area contributed by atoms with Gasteiger partial charge in [0, 0.05) is 14.6 Å². The summed E-state index contributed by atoms with van der Waals surface area (Å²) in [7, 11) is 1.55. The fourth-order valence-electron chi connectivity index (χ4n) is 1.81. The lowest BCUT2D eigenvalue weighted by Gasteiger charge is -2.11. The van der Waals surface area contributed by atoms with Crippen molar-refractivity contribution in [2.75, 3.05) is 12.4 Å². The van der Waals surface area contributed by atoms with Crippen molar-refractivity contribution in [3.8, 4) is 5.75 Å². The molecule has 104 valence electrons. The zero-order chi connectivity index (χ0) is 14.7. The summed E-state index contributed by atoms with van der Waals surface area (Å²) in [5, 5.41) is 2.90. The average molecular weight is 399 g/mol. The van der Waals surface area contributed by atoms with Gasteiger partial charge in [-0.1, -0.05) is 31.9 Å². The van der Waals surface area contributed by atoms with E-state index >= 15 is 0 Å². The smallest absolute Gasteiger partial charge is 0.259 e. The van der Waals surface area contributed by atoms with Gasteiger partial charge in [0.1, 0.15) is 5.75 Å². The second-order valence-corrected chi connectivity index (χ2v) is 6.09. The molecule has 0 bridgehead atoms. The number of aryl methyl sites for hydroxylation is 1. The van der Waals surface area contributed by atoms with Crippen molar-refractivity contribution in [1.82, 2.24) is 0 Å². The van der Waals surface area contributed by atoms with E-state index < -0.39 is 0 Å². The number of benzene rings is 2. The van der Waals surface area contributed by atoms with E-state index in [2.05, 4.69) is 37.2 Å². The summed E-state index contributed by atoms with van der Waals surface area (Å²) in [6.07, 6.45) is 0. The largest absolute Gasteiger partial charge is 0.496 e. The van der Waals surface area contributed by atoms with Gasteiger partial charge in [-0.2, -0.15) is 0 Å². The van der Waals surface area contributed by atoms with Gasteiger partial charge in [0.15, 0.2) is 0 Å². The molecule has 0 aliphatic carbocycles. The molecule has 0 spiro atoms. The van der Waals surface area contributed by atoms with Crippen LogP contribution in [0.1, 0.15) is 15.9 Å². The lowest BCUT2D eigenvalue weighted by atomic mass is 10.1. The fraction of sp³-hybridized carbons (Fsp3) is 0.133. The normalized spacial score (nSPS) is 10.2. The highest BCUT2D eigenvalue weighted by Gasteiger charge is 2.14. The molecule has 0 heterocycles. The molecule has 0 aliphatic heterocycles. The first-order chi connectivity index (χ1) is 9.51. The van der Waals surface area contributed by atoms with Crippen LogP contribution in [0.4, 0.5) is 5.69 Å². The molecule has 2 rings (SSSR count). The van der Waals surface area contributed by atoms with Crippen LogP contribution in [0.15, 0.2) is 45.3 Å². The number of hydrogen-bond donors (Lipinski definition) is 1. The molecule has 0 saturated carbocycles. The van der Waals surface area contributed by atoms with Crippen molar-refractivity contribution in [3.63, 3.8) is 0 Å². The van der Waals surface area contributed by atoms with Crippen LogP contribution in [-0.2, 0) is 0 Å². The second-order valence-electron chi connectivity index (χ2n) is 4.26. The number of amides is 1. The van der Waals surface area contributed by atoms with E-state index in [1.54, 1.807) is 19.2 Å². The average Bonchev–Trinajstić information content (AvgIpc) is 2.41. The first kappa shape index (κ1) is 15.1. The zero-order valence-corrected chi connectivity index (χ0v) is 14.2. The lowest BCUT2D eigenvalue weighted by molar-refractivity contribution is 0.102. The highest BCUT2D eigenvalue weighted by atomic mass is 79.9. The quantitative estimate of drug-likeness (QED) is 0.807. The van der Waals surface area contributed by atoms with Crippen LogP contribution < -0.4 is 10.1 Å². The van der Waals surface area contributed by atoms with E-state index in [1.165, 1.54) is 0 Å². The van der Waals surface area contributed by atoms with Gasteiger partial charge in [-0.05, 0) is 48.9 Å². The van der Waals surface area contributed by atoms with Crippen LogP contribution in [0.2, 0.25) is 0 Å². The summed E-state index contributed by atoms with van der Waals surface area (Å²) in [6, 6.07) is 11.0. The Morgan fingerprint density at radius 3 is 2.40 bits per heavy atom. The van der Waals surface area contributed by atoms with Gasteiger partial charge < -0.3 is 10.1 Å². The van der Waals surface area contributed by atoms with Crippen molar-refractivity contribution in [2.45, 2.75) is 6.92 Å². The maximum absolute atomic E-state index is 12.4. The third kappa shape index (κ3) is 3.41. The Labute approximate surface area is 134 Å². The molecule has 0 saturated heterocycles. The van der Waals surface area contributed by atoms with Crippen LogP contribution in [0.3, 0.4) is 0 Å². The molecule has 0 aromatic heterocycles. The SMILES string of the molecule is COc1ccc(Br)cc1C(=O)Nc1ccc(Br)cc1C. The summed E-state index contributed by atoms with van der Waals surface area (Å²) in [5.74, 6) is 0.342. The number of halogens is 2. The van der Waals surface area contributed by atoms with E-state index in [4.69, 9.17) is 4.74 Å². The highest BCUT2D eigenvalue weighted by Crippen LogP contribution is 2.25. The molecular formula is C15H13Br2NO2. The molecule has 2 aromatic carbocycles. The van der Waals surface area contributed by atoms with E-state index in [0.717, 1.165) is 20.2 Å². The predicted molar refractivity (Wildman–Crippen MR) is 87.5 cm³/mol. The molecule has 0 radical (unpaired) electrons. The minimum Gasteiger partial charge on any atom is -0.496 e. The van der Waals surface area contributed by atoms with Crippen molar-refractivity contribution >= 4 is 43.5 Å². The number of rotatable bonds is 3. The van der Waals surface area contributed by atoms with E-state index in [1.807, 2.05) is 31.2 Å². The molecule has 0 atom stereocenters. The van der Waals surface area contributed by atoms with Gasteiger partial charge in [0.2, 0.25) is 0 Å². The molecule has 0 unspecified atom stereocenters.